The summed E-state index contributed by atoms with van der Waals surface area (Å²) in [7, 11) is 0. The van der Waals surface area contributed by atoms with Gasteiger partial charge in [-0.25, -0.2) is 4.98 Å². The maximum absolute atomic E-state index is 11.8. The van der Waals surface area contributed by atoms with E-state index in [2.05, 4.69) is 36.2 Å². The summed E-state index contributed by atoms with van der Waals surface area (Å²) >= 11 is 3.28. The third-order valence-corrected chi connectivity index (χ3v) is 2.63. The van der Waals surface area contributed by atoms with E-state index in [-0.39, 0.29) is 11.9 Å². The Morgan fingerprint density at radius 3 is 2.94 bits per heavy atom. The number of nitrogens with one attached hydrogen (secondary N) is 3. The van der Waals surface area contributed by atoms with Crippen LogP contribution in [-0.4, -0.2) is 20.9 Å². The molecule has 0 spiro atoms. The Morgan fingerprint density at radius 2 is 2.38 bits per heavy atom. The molecule has 0 aromatic carbocycles. The second kappa shape index (κ2) is 4.52. The molecular weight excluding hydrogens is 272 g/mol. The molecule has 2 aromatic rings. The highest BCUT2D eigenvalue weighted by Gasteiger charge is 2.13. The lowest BCUT2D eigenvalue weighted by molar-refractivity contribution is 0.0934. The molecule has 2 aromatic heterocycles. The Morgan fingerprint density at radius 1 is 1.56 bits per heavy atom. The molecule has 5 nitrogen and oxygen atoms in total. The highest BCUT2D eigenvalue weighted by atomic mass is 79.9. The van der Waals surface area contributed by atoms with Gasteiger partial charge in [0.1, 0.15) is 11.5 Å². The van der Waals surface area contributed by atoms with Gasteiger partial charge < -0.3 is 15.3 Å². The lowest BCUT2D eigenvalue weighted by Gasteiger charge is -2.10. The minimum absolute atomic E-state index is 0.149. The molecule has 1 atom stereocenters. The van der Waals surface area contributed by atoms with E-state index in [4.69, 9.17) is 0 Å². The van der Waals surface area contributed by atoms with Crippen LogP contribution in [0.4, 0.5) is 0 Å². The van der Waals surface area contributed by atoms with Gasteiger partial charge in [0.2, 0.25) is 0 Å². The largest absolute Gasteiger partial charge is 0.356 e. The van der Waals surface area contributed by atoms with Crippen LogP contribution in [0, 0.1) is 0 Å². The van der Waals surface area contributed by atoms with Crippen molar-refractivity contribution in [2.75, 3.05) is 0 Å². The van der Waals surface area contributed by atoms with Gasteiger partial charge in [-0.05, 0) is 28.9 Å². The van der Waals surface area contributed by atoms with E-state index in [0.717, 1.165) is 10.3 Å². The average molecular weight is 283 g/mol. The number of aromatic nitrogens is 3. The van der Waals surface area contributed by atoms with Crippen LogP contribution in [0.5, 0.6) is 0 Å². The molecule has 1 amide bonds. The summed E-state index contributed by atoms with van der Waals surface area (Å²) < 4.78 is 0.850. The van der Waals surface area contributed by atoms with Crippen molar-refractivity contribution in [1.29, 1.82) is 0 Å². The fourth-order valence-corrected chi connectivity index (χ4v) is 1.70. The number of aromatic amines is 2. The standard InChI is InChI=1S/C10H11BrN4O/c1-6(9-12-2-3-13-9)15-10(16)8-4-7(11)5-14-8/h2-6,14H,1H3,(H,12,13)(H,15,16). The van der Waals surface area contributed by atoms with Crippen molar-refractivity contribution in [1.82, 2.24) is 20.3 Å². The van der Waals surface area contributed by atoms with Crippen molar-refractivity contribution in [3.8, 4) is 0 Å². The third-order valence-electron chi connectivity index (χ3n) is 2.17. The predicted molar refractivity (Wildman–Crippen MR) is 63.0 cm³/mol. The first-order chi connectivity index (χ1) is 7.66. The minimum atomic E-state index is -0.158. The lowest BCUT2D eigenvalue weighted by atomic mass is 10.3. The highest BCUT2D eigenvalue weighted by Crippen LogP contribution is 2.12. The second-order valence-electron chi connectivity index (χ2n) is 3.40. The van der Waals surface area contributed by atoms with Crippen LogP contribution in [0.3, 0.4) is 0 Å². The monoisotopic (exact) mass is 282 g/mol. The zero-order valence-corrected chi connectivity index (χ0v) is 10.2. The normalized spacial score (nSPS) is 12.4. The Balaban J connectivity index is 2.03. The second-order valence-corrected chi connectivity index (χ2v) is 4.32. The van der Waals surface area contributed by atoms with Gasteiger partial charge in [-0.2, -0.15) is 0 Å². The summed E-state index contributed by atoms with van der Waals surface area (Å²) in [5.41, 5.74) is 0.519. The number of carbonyl (C=O) groups excluding carboxylic acids is 1. The topological polar surface area (TPSA) is 73.6 Å². The highest BCUT2D eigenvalue weighted by molar-refractivity contribution is 9.10. The van der Waals surface area contributed by atoms with Gasteiger partial charge in [0.05, 0.1) is 6.04 Å². The number of halogens is 1. The van der Waals surface area contributed by atoms with Crippen LogP contribution in [0.1, 0.15) is 29.3 Å². The minimum Gasteiger partial charge on any atom is -0.356 e. The number of imidazole rings is 1. The Bertz CT molecular complexity index is 477. The Hall–Kier alpha value is -1.56. The van der Waals surface area contributed by atoms with E-state index in [0.29, 0.717) is 5.69 Å². The van der Waals surface area contributed by atoms with Crippen LogP contribution in [0.2, 0.25) is 0 Å². The zero-order valence-electron chi connectivity index (χ0n) is 8.62. The van der Waals surface area contributed by atoms with Crippen molar-refractivity contribution in [2.24, 2.45) is 0 Å². The maximum Gasteiger partial charge on any atom is 0.268 e. The number of nitrogens with zero attached hydrogens (tertiary/aromatic N) is 1. The van der Waals surface area contributed by atoms with Crippen molar-refractivity contribution >= 4 is 21.8 Å². The number of carbonyl (C=O) groups is 1. The molecule has 3 N–H and O–H groups in total. The first kappa shape index (κ1) is 10.9. The van der Waals surface area contributed by atoms with Gasteiger partial charge in [-0.1, -0.05) is 0 Å². The number of amides is 1. The Kier molecular flexibility index (Phi) is 3.09. The third kappa shape index (κ3) is 2.33. The molecule has 2 heterocycles. The molecule has 0 aliphatic rings. The van der Waals surface area contributed by atoms with Gasteiger partial charge in [-0.15, -0.1) is 0 Å². The van der Waals surface area contributed by atoms with E-state index in [1.807, 2.05) is 6.92 Å². The molecule has 84 valence electrons. The summed E-state index contributed by atoms with van der Waals surface area (Å²) in [4.78, 5) is 21.7. The predicted octanol–water partition coefficient (Wildman–Crippen LogP) is 1.99. The molecule has 0 saturated heterocycles. The van der Waals surface area contributed by atoms with Crippen LogP contribution < -0.4 is 5.32 Å². The molecule has 0 aliphatic heterocycles. The number of hydrogen-bond acceptors (Lipinski definition) is 2. The molecule has 0 aliphatic carbocycles. The fourth-order valence-electron chi connectivity index (χ4n) is 1.36. The van der Waals surface area contributed by atoms with Gasteiger partial charge in [-0.3, -0.25) is 4.79 Å². The number of H-pyrrole nitrogens is 2. The smallest absolute Gasteiger partial charge is 0.268 e. The molecule has 0 bridgehead atoms. The summed E-state index contributed by atoms with van der Waals surface area (Å²) in [5, 5.41) is 2.83. The van der Waals surface area contributed by atoms with E-state index in [9.17, 15) is 4.79 Å². The molecule has 0 fully saturated rings. The molecule has 0 saturated carbocycles. The van der Waals surface area contributed by atoms with E-state index in [1.165, 1.54) is 0 Å². The van der Waals surface area contributed by atoms with Crippen molar-refractivity contribution in [2.45, 2.75) is 13.0 Å². The number of rotatable bonds is 3. The molecule has 6 heteroatoms. The summed E-state index contributed by atoms with van der Waals surface area (Å²) in [6.45, 7) is 1.87. The molecular formula is C10H11BrN4O. The molecule has 2 rings (SSSR count). The van der Waals surface area contributed by atoms with E-state index < -0.39 is 0 Å². The van der Waals surface area contributed by atoms with Crippen LogP contribution >= 0.6 is 15.9 Å². The SMILES string of the molecule is CC(NC(=O)c1cc(Br)c[nH]1)c1ncc[nH]1. The van der Waals surface area contributed by atoms with Crippen molar-refractivity contribution < 1.29 is 4.79 Å². The molecule has 16 heavy (non-hydrogen) atoms. The zero-order chi connectivity index (χ0) is 11.5. The lowest BCUT2D eigenvalue weighted by Crippen LogP contribution is -2.27. The average Bonchev–Trinajstić information content (AvgIpc) is 2.87. The first-order valence-corrected chi connectivity index (χ1v) is 5.60. The summed E-state index contributed by atoms with van der Waals surface area (Å²) in [5.74, 6) is 0.577. The molecule has 1 unspecified atom stereocenters. The maximum atomic E-state index is 11.8. The van der Waals surface area contributed by atoms with Gasteiger partial charge in [0.15, 0.2) is 0 Å². The first-order valence-electron chi connectivity index (χ1n) is 4.81. The summed E-state index contributed by atoms with van der Waals surface area (Å²) in [6, 6.07) is 1.58. The Labute approximate surface area is 101 Å². The van der Waals surface area contributed by atoms with Crippen molar-refractivity contribution in [3.05, 3.63) is 40.6 Å². The van der Waals surface area contributed by atoms with Crippen LogP contribution in [0.25, 0.3) is 0 Å². The van der Waals surface area contributed by atoms with Crippen LogP contribution in [-0.2, 0) is 0 Å². The summed E-state index contributed by atoms with van der Waals surface area (Å²) in [6.07, 6.45) is 5.10. The van der Waals surface area contributed by atoms with Gasteiger partial charge in [0, 0.05) is 23.1 Å². The van der Waals surface area contributed by atoms with Crippen molar-refractivity contribution in [3.63, 3.8) is 0 Å². The molecule has 0 radical (unpaired) electrons. The van der Waals surface area contributed by atoms with Crippen LogP contribution in [0.15, 0.2) is 29.1 Å². The quantitative estimate of drug-likeness (QED) is 0.806. The van der Waals surface area contributed by atoms with E-state index in [1.54, 1.807) is 24.7 Å². The van der Waals surface area contributed by atoms with E-state index >= 15 is 0 Å². The fraction of sp³-hybridized carbons (Fsp3) is 0.200. The van der Waals surface area contributed by atoms with Gasteiger partial charge in [0.25, 0.3) is 5.91 Å². The van der Waals surface area contributed by atoms with Gasteiger partial charge >= 0.3 is 0 Å². The number of hydrogen-bond donors (Lipinski definition) is 3.